The van der Waals surface area contributed by atoms with Gasteiger partial charge in [-0.25, -0.2) is 9.97 Å². The fourth-order valence-electron chi connectivity index (χ4n) is 5.66. The smallest absolute Gasteiger partial charge is 0.137 e. The minimum absolute atomic E-state index is 0.0793. The van der Waals surface area contributed by atoms with Crippen LogP contribution in [0.3, 0.4) is 0 Å². The maximum absolute atomic E-state index is 6.39. The second-order valence-corrected chi connectivity index (χ2v) is 9.39. The van der Waals surface area contributed by atoms with Gasteiger partial charge in [0, 0.05) is 34.2 Å². The Hall–Kier alpha value is -4.70. The summed E-state index contributed by atoms with van der Waals surface area (Å²) in [6.45, 7) is 0. The van der Waals surface area contributed by atoms with Gasteiger partial charge in [0.05, 0.1) is 16.7 Å². The van der Waals surface area contributed by atoms with Crippen molar-refractivity contribution in [1.82, 2.24) is 14.4 Å². The number of para-hydroxylation sites is 2. The molecule has 0 spiro atoms. The van der Waals surface area contributed by atoms with E-state index < -0.39 is 0 Å². The van der Waals surface area contributed by atoms with E-state index in [0.717, 1.165) is 55.7 Å². The Balaban J connectivity index is 1.29. The molecule has 0 saturated heterocycles. The number of imidazole rings is 1. The van der Waals surface area contributed by atoms with Gasteiger partial charge in [-0.3, -0.25) is 4.40 Å². The first-order valence-corrected chi connectivity index (χ1v) is 12.3. The lowest BCUT2D eigenvalue weighted by atomic mass is 9.90. The molecule has 2 atom stereocenters. The van der Waals surface area contributed by atoms with Crippen molar-refractivity contribution in [2.24, 2.45) is 0 Å². The molecule has 3 aromatic heterocycles. The summed E-state index contributed by atoms with van der Waals surface area (Å²) < 4.78 is 8.53. The summed E-state index contributed by atoms with van der Waals surface area (Å²) in [4.78, 5) is 10.1. The molecule has 4 nitrogen and oxygen atoms in total. The molecule has 0 bridgehead atoms. The summed E-state index contributed by atoms with van der Waals surface area (Å²) in [7, 11) is 0. The predicted octanol–water partition coefficient (Wildman–Crippen LogP) is 7.34. The first-order chi connectivity index (χ1) is 17.8. The molecule has 0 fully saturated rings. The van der Waals surface area contributed by atoms with Gasteiger partial charge in [-0.05, 0) is 29.8 Å². The molecule has 3 aromatic carbocycles. The number of nitrogens with zero attached hydrogens (tertiary/aromatic N) is 3. The topological polar surface area (TPSA) is 39.4 Å². The Morgan fingerprint density at radius 3 is 2.50 bits per heavy atom. The summed E-state index contributed by atoms with van der Waals surface area (Å²) in [5, 5.41) is 1.07. The quantitative estimate of drug-likeness (QED) is 0.270. The van der Waals surface area contributed by atoms with Gasteiger partial charge < -0.3 is 4.74 Å². The van der Waals surface area contributed by atoms with Crippen molar-refractivity contribution in [1.29, 1.82) is 0 Å². The number of allylic oxidation sites excluding steroid dienone is 2. The Labute approximate surface area is 207 Å². The number of ether oxygens (including phenoxy) is 1. The Bertz CT molecular complexity index is 1880. The largest absolute Gasteiger partial charge is 0.484 e. The molecular weight excluding hydrogens is 442 g/mol. The average molecular weight is 464 g/mol. The summed E-state index contributed by atoms with van der Waals surface area (Å²) in [5.41, 5.74) is 9.39. The summed E-state index contributed by atoms with van der Waals surface area (Å²) in [6, 6.07) is 29.5. The van der Waals surface area contributed by atoms with Crippen LogP contribution in [0.1, 0.15) is 11.5 Å². The Morgan fingerprint density at radius 2 is 1.56 bits per heavy atom. The molecule has 4 heterocycles. The van der Waals surface area contributed by atoms with Crippen LogP contribution in [0.25, 0.3) is 50.0 Å². The molecule has 36 heavy (non-hydrogen) atoms. The monoisotopic (exact) mass is 463 g/mol. The average Bonchev–Trinajstić information content (AvgIpc) is 3.52. The van der Waals surface area contributed by atoms with E-state index in [1.165, 1.54) is 5.56 Å². The van der Waals surface area contributed by atoms with Crippen molar-refractivity contribution >= 4 is 27.6 Å². The van der Waals surface area contributed by atoms with Gasteiger partial charge in [0.1, 0.15) is 23.0 Å². The lowest BCUT2D eigenvalue weighted by molar-refractivity contribution is 0.270. The van der Waals surface area contributed by atoms with Gasteiger partial charge in [-0.2, -0.15) is 0 Å². The maximum Gasteiger partial charge on any atom is 0.137 e. The van der Waals surface area contributed by atoms with E-state index in [1.807, 2.05) is 30.3 Å². The summed E-state index contributed by atoms with van der Waals surface area (Å²) in [5.74, 6) is 1.28. The highest BCUT2D eigenvalue weighted by Crippen LogP contribution is 2.46. The second kappa shape index (κ2) is 7.40. The lowest BCUT2D eigenvalue weighted by Crippen LogP contribution is -2.15. The van der Waals surface area contributed by atoms with E-state index in [4.69, 9.17) is 14.7 Å². The molecule has 1 aliphatic heterocycles. The summed E-state index contributed by atoms with van der Waals surface area (Å²) >= 11 is 0. The normalized spacial score (nSPS) is 18.0. The van der Waals surface area contributed by atoms with E-state index in [0.29, 0.717) is 0 Å². The van der Waals surface area contributed by atoms with Crippen LogP contribution in [0.15, 0.2) is 115 Å². The third-order valence-corrected chi connectivity index (χ3v) is 7.36. The minimum atomic E-state index is 0.0793. The van der Waals surface area contributed by atoms with Crippen molar-refractivity contribution in [2.45, 2.75) is 12.0 Å². The molecular formula is C32H21N3O. The van der Waals surface area contributed by atoms with Gasteiger partial charge in [0.2, 0.25) is 0 Å². The first-order valence-electron chi connectivity index (χ1n) is 12.3. The molecule has 0 radical (unpaired) electrons. The second-order valence-electron chi connectivity index (χ2n) is 9.39. The lowest BCUT2D eigenvalue weighted by Gasteiger charge is -2.14. The van der Waals surface area contributed by atoms with Gasteiger partial charge in [-0.15, -0.1) is 0 Å². The number of hydrogen-bond donors (Lipinski definition) is 0. The molecule has 2 aliphatic rings. The highest BCUT2D eigenvalue weighted by atomic mass is 16.5. The van der Waals surface area contributed by atoms with Crippen LogP contribution in [-0.2, 0) is 0 Å². The molecule has 1 aliphatic carbocycles. The molecule has 2 unspecified atom stereocenters. The minimum Gasteiger partial charge on any atom is -0.484 e. The number of fused-ring (bicyclic) bond motifs is 8. The van der Waals surface area contributed by atoms with Crippen molar-refractivity contribution in [2.75, 3.05) is 0 Å². The zero-order valence-corrected chi connectivity index (χ0v) is 19.4. The zero-order valence-electron chi connectivity index (χ0n) is 19.4. The SMILES string of the molecule is C1=CC2Oc3c(-c4ccc(-c5nc6ccccc6c6nc7ccccn7c56)cc4)cccc3C2C=C1. The molecule has 0 N–H and O–H groups in total. The van der Waals surface area contributed by atoms with Crippen LogP contribution in [0.2, 0.25) is 0 Å². The number of rotatable bonds is 2. The van der Waals surface area contributed by atoms with Crippen molar-refractivity contribution in [3.63, 3.8) is 0 Å². The third-order valence-electron chi connectivity index (χ3n) is 7.36. The summed E-state index contributed by atoms with van der Waals surface area (Å²) in [6.07, 6.45) is 10.7. The van der Waals surface area contributed by atoms with Crippen LogP contribution in [-0.4, -0.2) is 20.5 Å². The first kappa shape index (κ1) is 19.6. The van der Waals surface area contributed by atoms with E-state index >= 15 is 0 Å². The van der Waals surface area contributed by atoms with E-state index in [-0.39, 0.29) is 12.0 Å². The van der Waals surface area contributed by atoms with Crippen LogP contribution >= 0.6 is 0 Å². The molecule has 6 aromatic rings. The molecule has 0 saturated carbocycles. The molecule has 8 rings (SSSR count). The third kappa shape index (κ3) is 2.75. The highest BCUT2D eigenvalue weighted by molar-refractivity contribution is 6.09. The Morgan fingerprint density at radius 1 is 0.722 bits per heavy atom. The van der Waals surface area contributed by atoms with Crippen LogP contribution in [0, 0.1) is 0 Å². The van der Waals surface area contributed by atoms with E-state index in [9.17, 15) is 0 Å². The molecule has 0 amide bonds. The fourth-order valence-corrected chi connectivity index (χ4v) is 5.66. The van der Waals surface area contributed by atoms with Crippen LogP contribution in [0.5, 0.6) is 5.75 Å². The van der Waals surface area contributed by atoms with Gasteiger partial charge in [0.15, 0.2) is 0 Å². The highest BCUT2D eigenvalue weighted by Gasteiger charge is 2.33. The number of aromatic nitrogens is 3. The van der Waals surface area contributed by atoms with Crippen molar-refractivity contribution in [3.05, 3.63) is 121 Å². The number of pyridine rings is 2. The van der Waals surface area contributed by atoms with Gasteiger partial charge >= 0.3 is 0 Å². The van der Waals surface area contributed by atoms with Gasteiger partial charge in [-0.1, -0.05) is 85.0 Å². The van der Waals surface area contributed by atoms with E-state index in [2.05, 4.69) is 89.5 Å². The molecule has 170 valence electrons. The Kier molecular flexibility index (Phi) is 4.03. The number of hydrogen-bond acceptors (Lipinski definition) is 3. The van der Waals surface area contributed by atoms with Crippen LogP contribution in [0.4, 0.5) is 0 Å². The van der Waals surface area contributed by atoms with Crippen LogP contribution < -0.4 is 4.74 Å². The maximum atomic E-state index is 6.39. The van der Waals surface area contributed by atoms with E-state index in [1.54, 1.807) is 0 Å². The standard InChI is InChI=1S/C32H21N3O/c1-3-12-26-25(9-1)30-31(35-19-6-5-14-28(35)34-30)29(33-26)21-17-15-20(16-18-21)22-10-7-11-24-23-8-2-4-13-27(23)36-32(22)24/h1-19,23,27H. The fraction of sp³-hybridized carbons (Fsp3) is 0.0625. The van der Waals surface area contributed by atoms with Gasteiger partial charge in [0.25, 0.3) is 0 Å². The predicted molar refractivity (Wildman–Crippen MR) is 144 cm³/mol. The number of benzene rings is 3. The zero-order chi connectivity index (χ0) is 23.6. The van der Waals surface area contributed by atoms with Crippen molar-refractivity contribution in [3.8, 4) is 28.1 Å². The molecule has 4 heteroatoms. The van der Waals surface area contributed by atoms with Crippen molar-refractivity contribution < 1.29 is 4.74 Å².